The van der Waals surface area contributed by atoms with Crippen LogP contribution in [0.3, 0.4) is 0 Å². The molecule has 0 amide bonds. The predicted molar refractivity (Wildman–Crippen MR) is 57.2 cm³/mol. The van der Waals surface area contributed by atoms with E-state index in [1.165, 1.54) is 6.07 Å². The van der Waals surface area contributed by atoms with Crippen molar-refractivity contribution in [3.63, 3.8) is 0 Å². The first-order valence-corrected chi connectivity index (χ1v) is 4.77. The summed E-state index contributed by atoms with van der Waals surface area (Å²) in [6.07, 6.45) is -0.850. The molecule has 2 aromatic rings. The Kier molecular flexibility index (Phi) is 2.64. The van der Waals surface area contributed by atoms with Crippen LogP contribution in [0.2, 0.25) is 0 Å². The predicted octanol–water partition coefficient (Wildman–Crippen LogP) is 1.12. The Balaban J connectivity index is 2.63. The number of carbonyl (C=O) groups is 1. The number of para-hydroxylation sites is 1. The molecule has 0 radical (unpaired) electrons. The first-order valence-electron chi connectivity index (χ1n) is 4.77. The van der Waals surface area contributed by atoms with Gasteiger partial charge in [-0.25, -0.2) is 4.79 Å². The molecule has 0 bridgehead atoms. The number of rotatable bonds is 3. The van der Waals surface area contributed by atoms with Gasteiger partial charge in [0.15, 0.2) is 0 Å². The van der Waals surface area contributed by atoms with Crippen molar-refractivity contribution < 1.29 is 19.4 Å². The molecule has 5 heteroatoms. The smallest absolute Gasteiger partial charge is 0.371 e. The zero-order valence-corrected chi connectivity index (χ0v) is 8.38. The molecule has 0 aliphatic heterocycles. The van der Waals surface area contributed by atoms with Gasteiger partial charge in [0.2, 0.25) is 5.76 Å². The molecule has 1 aromatic carbocycles. The topological polar surface area (TPSA) is 96.7 Å². The monoisotopic (exact) mass is 221 g/mol. The molecule has 0 spiro atoms. The second kappa shape index (κ2) is 3.96. The third kappa shape index (κ3) is 1.66. The van der Waals surface area contributed by atoms with Gasteiger partial charge in [0.25, 0.3) is 0 Å². The Morgan fingerprint density at radius 3 is 2.88 bits per heavy atom. The zero-order chi connectivity index (χ0) is 11.7. The standard InChI is InChI=1S/C11H11NO4/c12-5-8(13)7-3-1-2-6-4-9(11(14)15)16-10(6)7/h1-4,8,13H,5,12H2,(H,14,15). The summed E-state index contributed by atoms with van der Waals surface area (Å²) < 4.78 is 5.17. The van der Waals surface area contributed by atoms with E-state index in [1.807, 2.05) is 0 Å². The molecular weight excluding hydrogens is 210 g/mol. The van der Waals surface area contributed by atoms with E-state index in [9.17, 15) is 9.90 Å². The molecule has 0 aliphatic carbocycles. The normalized spacial score (nSPS) is 12.9. The Bertz CT molecular complexity index is 532. The number of nitrogens with two attached hydrogens (primary N) is 1. The molecule has 4 N–H and O–H groups in total. The van der Waals surface area contributed by atoms with E-state index < -0.39 is 12.1 Å². The minimum absolute atomic E-state index is 0.0578. The molecule has 5 nitrogen and oxygen atoms in total. The maximum Gasteiger partial charge on any atom is 0.371 e. The average molecular weight is 221 g/mol. The van der Waals surface area contributed by atoms with Crippen LogP contribution in [0.1, 0.15) is 22.2 Å². The van der Waals surface area contributed by atoms with Crippen molar-refractivity contribution in [1.29, 1.82) is 0 Å². The number of fused-ring (bicyclic) bond motifs is 1. The maximum absolute atomic E-state index is 10.7. The van der Waals surface area contributed by atoms with Crippen LogP contribution in [-0.2, 0) is 0 Å². The Hall–Kier alpha value is -1.85. The van der Waals surface area contributed by atoms with E-state index in [2.05, 4.69) is 0 Å². The van der Waals surface area contributed by atoms with Crippen LogP contribution in [0.25, 0.3) is 11.0 Å². The summed E-state index contributed by atoms with van der Waals surface area (Å²) in [5.74, 6) is -1.28. The molecule has 1 atom stereocenters. The number of aromatic carboxylic acids is 1. The third-order valence-corrected chi connectivity index (χ3v) is 2.37. The second-order valence-corrected chi connectivity index (χ2v) is 3.43. The summed E-state index contributed by atoms with van der Waals surface area (Å²) >= 11 is 0. The Morgan fingerprint density at radius 2 is 2.25 bits per heavy atom. The highest BCUT2D eigenvalue weighted by Gasteiger charge is 2.16. The Labute approximate surface area is 91.1 Å². The highest BCUT2D eigenvalue weighted by atomic mass is 16.4. The van der Waals surface area contributed by atoms with Gasteiger partial charge in [-0.3, -0.25) is 0 Å². The number of aliphatic hydroxyl groups excluding tert-OH is 1. The average Bonchev–Trinajstić information content (AvgIpc) is 2.71. The fraction of sp³-hybridized carbons (Fsp3) is 0.182. The van der Waals surface area contributed by atoms with Gasteiger partial charge in [-0.15, -0.1) is 0 Å². The first-order chi connectivity index (χ1) is 7.63. The molecular formula is C11H11NO4. The van der Waals surface area contributed by atoms with Gasteiger partial charge in [0.05, 0.1) is 6.10 Å². The van der Waals surface area contributed by atoms with Crippen LogP contribution in [0.4, 0.5) is 0 Å². The number of hydrogen-bond donors (Lipinski definition) is 3. The van der Waals surface area contributed by atoms with Gasteiger partial charge < -0.3 is 20.4 Å². The first kappa shape index (κ1) is 10.7. The van der Waals surface area contributed by atoms with Gasteiger partial charge >= 0.3 is 5.97 Å². The Morgan fingerprint density at radius 1 is 1.50 bits per heavy atom. The van der Waals surface area contributed by atoms with Gasteiger partial charge in [-0.1, -0.05) is 18.2 Å². The largest absolute Gasteiger partial charge is 0.475 e. The quantitative estimate of drug-likeness (QED) is 0.721. The SMILES string of the molecule is NCC(O)c1cccc2cc(C(=O)O)oc12. The van der Waals surface area contributed by atoms with E-state index in [-0.39, 0.29) is 12.3 Å². The molecule has 1 unspecified atom stereocenters. The summed E-state index contributed by atoms with van der Waals surface area (Å²) in [6, 6.07) is 6.52. The molecule has 1 heterocycles. The van der Waals surface area contributed by atoms with Crippen LogP contribution in [0, 0.1) is 0 Å². The lowest BCUT2D eigenvalue weighted by Gasteiger charge is -2.07. The lowest BCUT2D eigenvalue weighted by molar-refractivity contribution is 0.0664. The highest BCUT2D eigenvalue weighted by molar-refractivity contribution is 5.92. The van der Waals surface area contributed by atoms with Crippen molar-refractivity contribution in [3.05, 3.63) is 35.6 Å². The van der Waals surface area contributed by atoms with Crippen molar-refractivity contribution in [3.8, 4) is 0 Å². The fourth-order valence-corrected chi connectivity index (χ4v) is 1.58. The van der Waals surface area contributed by atoms with Crippen molar-refractivity contribution in [2.24, 2.45) is 5.73 Å². The van der Waals surface area contributed by atoms with Crippen molar-refractivity contribution in [2.45, 2.75) is 6.10 Å². The lowest BCUT2D eigenvalue weighted by atomic mass is 10.1. The van der Waals surface area contributed by atoms with E-state index >= 15 is 0 Å². The van der Waals surface area contributed by atoms with Gasteiger partial charge in [0.1, 0.15) is 5.58 Å². The molecule has 0 saturated heterocycles. The van der Waals surface area contributed by atoms with E-state index in [4.69, 9.17) is 15.3 Å². The summed E-state index contributed by atoms with van der Waals surface area (Å²) in [4.78, 5) is 10.7. The van der Waals surface area contributed by atoms with Gasteiger partial charge in [-0.2, -0.15) is 0 Å². The molecule has 1 aromatic heterocycles. The minimum Gasteiger partial charge on any atom is -0.475 e. The highest BCUT2D eigenvalue weighted by Crippen LogP contribution is 2.27. The molecule has 0 fully saturated rings. The van der Waals surface area contributed by atoms with E-state index in [1.54, 1.807) is 18.2 Å². The van der Waals surface area contributed by atoms with Gasteiger partial charge in [0, 0.05) is 17.5 Å². The van der Waals surface area contributed by atoms with Crippen molar-refractivity contribution >= 4 is 16.9 Å². The maximum atomic E-state index is 10.7. The van der Waals surface area contributed by atoms with Crippen LogP contribution in [0.5, 0.6) is 0 Å². The number of benzene rings is 1. The molecule has 16 heavy (non-hydrogen) atoms. The van der Waals surface area contributed by atoms with Crippen LogP contribution >= 0.6 is 0 Å². The van der Waals surface area contributed by atoms with Gasteiger partial charge in [-0.05, 0) is 6.07 Å². The van der Waals surface area contributed by atoms with Crippen molar-refractivity contribution in [2.75, 3.05) is 6.54 Å². The van der Waals surface area contributed by atoms with E-state index in [0.29, 0.717) is 16.5 Å². The van der Waals surface area contributed by atoms with Crippen LogP contribution < -0.4 is 5.73 Å². The zero-order valence-electron chi connectivity index (χ0n) is 8.38. The molecule has 84 valence electrons. The number of hydrogen-bond acceptors (Lipinski definition) is 4. The summed E-state index contributed by atoms with van der Waals surface area (Å²) in [5, 5.41) is 19.1. The number of aliphatic hydroxyl groups is 1. The number of furan rings is 1. The lowest BCUT2D eigenvalue weighted by Crippen LogP contribution is -2.11. The second-order valence-electron chi connectivity index (χ2n) is 3.43. The summed E-state index contributed by atoms with van der Waals surface area (Å²) in [5.41, 5.74) is 6.23. The summed E-state index contributed by atoms with van der Waals surface area (Å²) in [7, 11) is 0. The third-order valence-electron chi connectivity index (χ3n) is 2.37. The number of carboxylic acid groups (broad SMARTS) is 1. The molecule has 2 rings (SSSR count). The van der Waals surface area contributed by atoms with Crippen LogP contribution in [0.15, 0.2) is 28.7 Å². The van der Waals surface area contributed by atoms with E-state index in [0.717, 1.165) is 0 Å². The summed E-state index contributed by atoms with van der Waals surface area (Å²) in [6.45, 7) is 0.0578. The minimum atomic E-state index is -1.13. The van der Waals surface area contributed by atoms with Crippen molar-refractivity contribution in [1.82, 2.24) is 0 Å². The van der Waals surface area contributed by atoms with Crippen LogP contribution in [-0.4, -0.2) is 22.7 Å². The number of carboxylic acids is 1. The molecule has 0 saturated carbocycles. The fourth-order valence-electron chi connectivity index (χ4n) is 1.58. The molecule has 0 aliphatic rings.